The van der Waals surface area contributed by atoms with Crippen LogP contribution in [0.3, 0.4) is 0 Å². The van der Waals surface area contributed by atoms with E-state index in [4.69, 9.17) is 21.3 Å². The number of rotatable bonds is 6. The summed E-state index contributed by atoms with van der Waals surface area (Å²) in [6.45, 7) is 6.78. The SMILES string of the molecule is COC(=O)c1nc(Cl)ccc1N[C@H](C)c1cc(C)cc2c(=O)n3c(nc12)[C@](C)(Cc1ccccc1)CC3. The monoisotopic (exact) mass is 516 g/mol. The Kier molecular flexibility index (Phi) is 6.50. The quantitative estimate of drug-likeness (QED) is 0.264. The van der Waals surface area contributed by atoms with Gasteiger partial charge in [-0.25, -0.2) is 14.8 Å². The second-order valence-corrected chi connectivity index (χ2v) is 10.4. The molecule has 8 heteroatoms. The van der Waals surface area contributed by atoms with E-state index in [9.17, 15) is 9.59 Å². The summed E-state index contributed by atoms with van der Waals surface area (Å²) in [7, 11) is 1.30. The Labute approximate surface area is 220 Å². The summed E-state index contributed by atoms with van der Waals surface area (Å²) in [5.41, 5.74) is 4.04. The number of hydrogen-bond acceptors (Lipinski definition) is 6. The van der Waals surface area contributed by atoms with Crippen molar-refractivity contribution in [2.24, 2.45) is 0 Å². The van der Waals surface area contributed by atoms with Gasteiger partial charge in [-0.2, -0.15) is 0 Å². The van der Waals surface area contributed by atoms with Gasteiger partial charge in [0.05, 0.1) is 29.7 Å². The minimum Gasteiger partial charge on any atom is -0.464 e. The van der Waals surface area contributed by atoms with Crippen molar-refractivity contribution in [3.05, 3.63) is 98.3 Å². The van der Waals surface area contributed by atoms with Gasteiger partial charge in [0.1, 0.15) is 11.0 Å². The molecule has 3 heterocycles. The van der Waals surface area contributed by atoms with Crippen LogP contribution in [0.15, 0.2) is 59.4 Å². The first kappa shape index (κ1) is 25.0. The zero-order valence-corrected chi connectivity index (χ0v) is 22.1. The molecule has 1 aliphatic heterocycles. The molecule has 0 aliphatic carbocycles. The second kappa shape index (κ2) is 9.63. The molecule has 7 nitrogen and oxygen atoms in total. The van der Waals surface area contributed by atoms with E-state index in [1.807, 2.05) is 48.7 Å². The number of nitrogens with zero attached hydrogens (tertiary/aromatic N) is 3. The van der Waals surface area contributed by atoms with E-state index in [1.54, 1.807) is 12.1 Å². The van der Waals surface area contributed by atoms with Crippen molar-refractivity contribution in [2.75, 3.05) is 12.4 Å². The smallest absolute Gasteiger partial charge is 0.358 e. The lowest BCUT2D eigenvalue weighted by atomic mass is 9.81. The van der Waals surface area contributed by atoms with Crippen LogP contribution in [-0.2, 0) is 23.1 Å². The molecule has 2 aromatic carbocycles. The van der Waals surface area contributed by atoms with Gasteiger partial charge in [0.25, 0.3) is 5.56 Å². The maximum absolute atomic E-state index is 13.7. The second-order valence-electron chi connectivity index (χ2n) is 10.0. The molecule has 0 amide bonds. The third-order valence-electron chi connectivity index (χ3n) is 7.18. The number of esters is 1. The summed E-state index contributed by atoms with van der Waals surface area (Å²) in [5.74, 6) is 0.228. The van der Waals surface area contributed by atoms with E-state index < -0.39 is 5.97 Å². The van der Waals surface area contributed by atoms with E-state index in [0.717, 1.165) is 29.8 Å². The summed E-state index contributed by atoms with van der Waals surface area (Å²) >= 11 is 6.03. The van der Waals surface area contributed by atoms with E-state index in [2.05, 4.69) is 29.4 Å². The Hall–Kier alpha value is -3.71. The van der Waals surface area contributed by atoms with Crippen LogP contribution in [0.4, 0.5) is 5.69 Å². The zero-order valence-electron chi connectivity index (χ0n) is 21.3. The molecule has 0 unspecified atom stereocenters. The Bertz CT molecular complexity index is 1570. The number of pyridine rings is 1. The molecule has 0 saturated heterocycles. The van der Waals surface area contributed by atoms with Gasteiger partial charge in [-0.3, -0.25) is 9.36 Å². The number of ether oxygens (including phenoxy) is 1. The van der Waals surface area contributed by atoms with Crippen LogP contribution in [-0.4, -0.2) is 27.6 Å². The lowest BCUT2D eigenvalue weighted by molar-refractivity contribution is 0.0595. The third-order valence-corrected chi connectivity index (χ3v) is 7.39. The number of fused-ring (bicyclic) bond motifs is 2. The van der Waals surface area contributed by atoms with Crippen LogP contribution < -0.4 is 10.9 Å². The standard InChI is InChI=1S/C29H29ClN4O3/c1-17-14-20(18(2)31-22-10-11-23(30)32-25(22)27(36)37-4)24-21(15-17)26(35)34-13-12-29(3,28(34)33-24)16-19-8-6-5-7-9-19/h5-11,14-15,18,31H,12-13,16H2,1-4H3/t18-,29+/m1/s1. The fourth-order valence-electron chi connectivity index (χ4n) is 5.30. The van der Waals surface area contributed by atoms with E-state index >= 15 is 0 Å². The molecule has 0 bridgehead atoms. The van der Waals surface area contributed by atoms with E-state index in [1.165, 1.54) is 12.7 Å². The summed E-state index contributed by atoms with van der Waals surface area (Å²) in [6.07, 6.45) is 1.65. The summed E-state index contributed by atoms with van der Waals surface area (Å²) in [6, 6.07) is 17.3. The van der Waals surface area contributed by atoms with Gasteiger partial charge in [-0.15, -0.1) is 0 Å². The maximum Gasteiger partial charge on any atom is 0.358 e. The van der Waals surface area contributed by atoms with Crippen molar-refractivity contribution in [3.63, 3.8) is 0 Å². The number of anilines is 1. The molecule has 1 aliphatic rings. The Morgan fingerprint density at radius 2 is 1.95 bits per heavy atom. The molecule has 5 rings (SSSR count). The van der Waals surface area contributed by atoms with Crippen LogP contribution in [0.1, 0.15) is 59.3 Å². The molecule has 0 fully saturated rings. The number of halogens is 1. The molecule has 4 aromatic rings. The molecule has 2 atom stereocenters. The van der Waals surface area contributed by atoms with Crippen molar-refractivity contribution >= 4 is 34.2 Å². The number of benzene rings is 2. The lowest BCUT2D eigenvalue weighted by Crippen LogP contribution is -2.28. The summed E-state index contributed by atoms with van der Waals surface area (Å²) < 4.78 is 6.73. The van der Waals surface area contributed by atoms with E-state index in [-0.39, 0.29) is 27.9 Å². The largest absolute Gasteiger partial charge is 0.464 e. The van der Waals surface area contributed by atoms with Crippen molar-refractivity contribution in [3.8, 4) is 0 Å². The van der Waals surface area contributed by atoms with Gasteiger partial charge in [0.2, 0.25) is 0 Å². The third kappa shape index (κ3) is 4.60. The lowest BCUT2D eigenvalue weighted by Gasteiger charge is -2.25. The molecule has 0 saturated carbocycles. The predicted molar refractivity (Wildman–Crippen MR) is 145 cm³/mol. The number of methoxy groups -OCH3 is 1. The molecule has 190 valence electrons. The van der Waals surface area contributed by atoms with Crippen molar-refractivity contribution in [1.82, 2.24) is 14.5 Å². The van der Waals surface area contributed by atoms with Crippen molar-refractivity contribution < 1.29 is 9.53 Å². The van der Waals surface area contributed by atoms with Gasteiger partial charge >= 0.3 is 5.97 Å². The number of aryl methyl sites for hydroxylation is 1. The highest BCUT2D eigenvalue weighted by molar-refractivity contribution is 6.29. The van der Waals surface area contributed by atoms with Gasteiger partial charge in [-0.1, -0.05) is 54.9 Å². The first-order chi connectivity index (χ1) is 17.7. The molecular weight excluding hydrogens is 488 g/mol. The topological polar surface area (TPSA) is 86.1 Å². The van der Waals surface area contributed by atoms with Crippen LogP contribution >= 0.6 is 11.6 Å². The number of aromatic nitrogens is 3. The van der Waals surface area contributed by atoms with E-state index in [0.29, 0.717) is 23.1 Å². The molecule has 37 heavy (non-hydrogen) atoms. The Morgan fingerprint density at radius 3 is 2.68 bits per heavy atom. The summed E-state index contributed by atoms with van der Waals surface area (Å²) in [5, 5.41) is 4.16. The molecule has 0 radical (unpaired) electrons. The van der Waals surface area contributed by atoms with Crippen LogP contribution in [0.5, 0.6) is 0 Å². The van der Waals surface area contributed by atoms with Crippen LogP contribution in [0, 0.1) is 6.92 Å². The highest BCUT2D eigenvalue weighted by Gasteiger charge is 2.38. The molecule has 2 aromatic heterocycles. The number of nitrogens with one attached hydrogen (secondary N) is 1. The predicted octanol–water partition coefficient (Wildman–Crippen LogP) is 5.62. The van der Waals surface area contributed by atoms with Crippen LogP contribution in [0.2, 0.25) is 5.15 Å². The fraction of sp³-hybridized carbons (Fsp3) is 0.310. The molecule has 0 spiro atoms. The summed E-state index contributed by atoms with van der Waals surface area (Å²) in [4.78, 5) is 35.3. The average Bonchev–Trinajstić information content (AvgIpc) is 3.21. The highest BCUT2D eigenvalue weighted by atomic mass is 35.5. The average molecular weight is 517 g/mol. The number of hydrogen-bond donors (Lipinski definition) is 1. The molecular formula is C29H29ClN4O3. The Balaban J connectivity index is 1.61. The first-order valence-electron chi connectivity index (χ1n) is 12.3. The van der Waals surface area contributed by atoms with Gasteiger partial charge in [0.15, 0.2) is 5.69 Å². The van der Waals surface area contributed by atoms with Crippen molar-refractivity contribution in [2.45, 2.75) is 51.6 Å². The van der Waals surface area contributed by atoms with Gasteiger partial charge < -0.3 is 10.1 Å². The number of carbonyl (C=O) groups excluding carboxylic acids is 1. The minimum atomic E-state index is -0.586. The first-order valence-corrected chi connectivity index (χ1v) is 12.7. The zero-order chi connectivity index (χ0) is 26.3. The maximum atomic E-state index is 13.7. The number of carbonyl (C=O) groups is 1. The molecule has 1 N–H and O–H groups in total. The normalized spacial score (nSPS) is 17.4. The van der Waals surface area contributed by atoms with Crippen LogP contribution in [0.25, 0.3) is 10.9 Å². The highest BCUT2D eigenvalue weighted by Crippen LogP contribution is 2.37. The fourth-order valence-corrected chi connectivity index (χ4v) is 5.45. The minimum absolute atomic E-state index is 0.0163. The van der Waals surface area contributed by atoms with Crippen molar-refractivity contribution in [1.29, 1.82) is 0 Å². The van der Waals surface area contributed by atoms with Gasteiger partial charge in [-0.05, 0) is 56.0 Å². The Morgan fingerprint density at radius 1 is 1.19 bits per heavy atom. The van der Waals surface area contributed by atoms with Gasteiger partial charge in [0, 0.05) is 17.5 Å².